The first-order valence-corrected chi connectivity index (χ1v) is 6.53. The van der Waals surface area contributed by atoms with E-state index in [1.807, 2.05) is 25.5 Å². The van der Waals surface area contributed by atoms with Crippen LogP contribution in [-0.4, -0.2) is 28.8 Å². The molecule has 0 spiro atoms. The molecule has 1 rings (SSSR count). The second kappa shape index (κ2) is 7.16. The van der Waals surface area contributed by atoms with Gasteiger partial charge in [0.15, 0.2) is 0 Å². The third-order valence-corrected chi connectivity index (χ3v) is 3.00. The minimum Gasteiger partial charge on any atom is -0.356 e. The van der Waals surface area contributed by atoms with E-state index in [1.165, 1.54) is 0 Å². The SMILES string of the molecule is Cc1cc(C)n(CCCNC(=O)C(C)CCN)n1. The van der Waals surface area contributed by atoms with Gasteiger partial charge in [0.25, 0.3) is 0 Å². The average molecular weight is 252 g/mol. The number of amides is 1. The molecule has 1 atom stereocenters. The summed E-state index contributed by atoms with van der Waals surface area (Å²) in [6.45, 7) is 8.02. The summed E-state index contributed by atoms with van der Waals surface area (Å²) in [5.74, 6) is 0.0949. The molecule has 18 heavy (non-hydrogen) atoms. The predicted octanol–water partition coefficient (Wildman–Crippen LogP) is 0.991. The normalized spacial score (nSPS) is 12.4. The Kier molecular flexibility index (Phi) is 5.85. The number of hydrogen-bond donors (Lipinski definition) is 2. The molecule has 0 saturated carbocycles. The van der Waals surface area contributed by atoms with E-state index >= 15 is 0 Å². The van der Waals surface area contributed by atoms with Crippen molar-refractivity contribution in [3.8, 4) is 0 Å². The Labute approximate surface area is 109 Å². The van der Waals surface area contributed by atoms with E-state index in [1.54, 1.807) is 0 Å². The van der Waals surface area contributed by atoms with Crippen LogP contribution in [0.3, 0.4) is 0 Å². The fourth-order valence-corrected chi connectivity index (χ4v) is 1.90. The van der Waals surface area contributed by atoms with Gasteiger partial charge < -0.3 is 11.1 Å². The third kappa shape index (κ3) is 4.49. The van der Waals surface area contributed by atoms with Crippen molar-refractivity contribution in [3.63, 3.8) is 0 Å². The average Bonchev–Trinajstić information content (AvgIpc) is 2.63. The number of carbonyl (C=O) groups is 1. The highest BCUT2D eigenvalue weighted by molar-refractivity contribution is 5.78. The molecule has 0 fully saturated rings. The molecule has 0 saturated heterocycles. The van der Waals surface area contributed by atoms with E-state index in [0.717, 1.165) is 30.8 Å². The van der Waals surface area contributed by atoms with Crippen molar-refractivity contribution in [1.82, 2.24) is 15.1 Å². The monoisotopic (exact) mass is 252 g/mol. The van der Waals surface area contributed by atoms with Crippen LogP contribution >= 0.6 is 0 Å². The van der Waals surface area contributed by atoms with Crippen molar-refractivity contribution in [1.29, 1.82) is 0 Å². The van der Waals surface area contributed by atoms with Crippen LogP contribution in [0.15, 0.2) is 6.07 Å². The van der Waals surface area contributed by atoms with Gasteiger partial charge in [-0.25, -0.2) is 0 Å². The lowest BCUT2D eigenvalue weighted by atomic mass is 10.1. The minimum atomic E-state index is 0.00341. The highest BCUT2D eigenvalue weighted by Gasteiger charge is 2.10. The van der Waals surface area contributed by atoms with Crippen LogP contribution in [0.5, 0.6) is 0 Å². The van der Waals surface area contributed by atoms with Crippen LogP contribution in [-0.2, 0) is 11.3 Å². The lowest BCUT2D eigenvalue weighted by Crippen LogP contribution is -2.31. The predicted molar refractivity (Wildman–Crippen MR) is 72.2 cm³/mol. The standard InChI is InChI=1S/C13H24N4O/c1-10(5-6-14)13(18)15-7-4-8-17-12(3)9-11(2)16-17/h9-10H,4-8,14H2,1-3H3,(H,15,18). The molecule has 3 N–H and O–H groups in total. The Bertz CT molecular complexity index is 386. The molecular weight excluding hydrogens is 228 g/mol. The molecule has 0 aliphatic heterocycles. The highest BCUT2D eigenvalue weighted by atomic mass is 16.1. The Hall–Kier alpha value is -1.36. The van der Waals surface area contributed by atoms with Crippen LogP contribution < -0.4 is 11.1 Å². The third-order valence-electron chi connectivity index (χ3n) is 3.00. The number of carbonyl (C=O) groups excluding carboxylic acids is 1. The van der Waals surface area contributed by atoms with Crippen molar-refractivity contribution >= 4 is 5.91 Å². The summed E-state index contributed by atoms with van der Waals surface area (Å²) in [5.41, 5.74) is 7.62. The number of hydrogen-bond acceptors (Lipinski definition) is 3. The van der Waals surface area contributed by atoms with Crippen LogP contribution in [0.25, 0.3) is 0 Å². The maximum absolute atomic E-state index is 11.6. The zero-order chi connectivity index (χ0) is 13.5. The minimum absolute atomic E-state index is 0.00341. The van der Waals surface area contributed by atoms with Gasteiger partial charge in [0.1, 0.15) is 0 Å². The summed E-state index contributed by atoms with van der Waals surface area (Å²) < 4.78 is 1.98. The molecule has 102 valence electrons. The molecule has 0 aliphatic rings. The van der Waals surface area contributed by atoms with Crippen molar-refractivity contribution in [2.24, 2.45) is 11.7 Å². The number of rotatable bonds is 7. The van der Waals surface area contributed by atoms with Crippen molar-refractivity contribution in [3.05, 3.63) is 17.5 Å². The Balaban J connectivity index is 2.23. The van der Waals surface area contributed by atoms with Gasteiger partial charge in [0.05, 0.1) is 5.69 Å². The zero-order valence-electron chi connectivity index (χ0n) is 11.6. The van der Waals surface area contributed by atoms with E-state index in [4.69, 9.17) is 5.73 Å². The van der Waals surface area contributed by atoms with E-state index < -0.39 is 0 Å². The first kappa shape index (κ1) is 14.7. The van der Waals surface area contributed by atoms with Crippen molar-refractivity contribution in [2.75, 3.05) is 13.1 Å². The Morgan fingerprint density at radius 1 is 1.56 bits per heavy atom. The molecule has 1 amide bonds. The van der Waals surface area contributed by atoms with Gasteiger partial charge in [0, 0.05) is 24.7 Å². The van der Waals surface area contributed by atoms with Gasteiger partial charge in [0.2, 0.25) is 5.91 Å². The summed E-state index contributed by atoms with van der Waals surface area (Å²) >= 11 is 0. The summed E-state index contributed by atoms with van der Waals surface area (Å²) in [6, 6.07) is 2.06. The fraction of sp³-hybridized carbons (Fsp3) is 0.692. The lowest BCUT2D eigenvalue weighted by Gasteiger charge is -2.11. The number of nitrogens with one attached hydrogen (secondary N) is 1. The van der Waals surface area contributed by atoms with Crippen LogP contribution in [0.4, 0.5) is 0 Å². The molecular formula is C13H24N4O. The highest BCUT2D eigenvalue weighted by Crippen LogP contribution is 2.03. The first-order chi connectivity index (χ1) is 8.54. The van der Waals surface area contributed by atoms with Gasteiger partial charge in [-0.3, -0.25) is 9.48 Å². The van der Waals surface area contributed by atoms with Crippen molar-refractivity contribution < 1.29 is 4.79 Å². The zero-order valence-corrected chi connectivity index (χ0v) is 11.6. The fourth-order valence-electron chi connectivity index (χ4n) is 1.90. The van der Waals surface area contributed by atoms with E-state index in [2.05, 4.69) is 16.5 Å². The first-order valence-electron chi connectivity index (χ1n) is 6.53. The Morgan fingerprint density at radius 3 is 2.83 bits per heavy atom. The van der Waals surface area contributed by atoms with E-state index in [9.17, 15) is 4.79 Å². The molecule has 0 bridgehead atoms. The summed E-state index contributed by atoms with van der Waals surface area (Å²) in [4.78, 5) is 11.6. The lowest BCUT2D eigenvalue weighted by molar-refractivity contribution is -0.124. The van der Waals surface area contributed by atoms with E-state index in [0.29, 0.717) is 13.1 Å². The Morgan fingerprint density at radius 2 is 2.28 bits per heavy atom. The van der Waals surface area contributed by atoms with Gasteiger partial charge in [-0.1, -0.05) is 6.92 Å². The maximum atomic E-state index is 11.6. The van der Waals surface area contributed by atoms with Gasteiger partial charge in [-0.05, 0) is 39.3 Å². The van der Waals surface area contributed by atoms with Crippen LogP contribution in [0.1, 0.15) is 31.2 Å². The largest absolute Gasteiger partial charge is 0.356 e. The van der Waals surface area contributed by atoms with Crippen LogP contribution in [0, 0.1) is 19.8 Å². The topological polar surface area (TPSA) is 72.9 Å². The number of aryl methyl sites for hydroxylation is 3. The van der Waals surface area contributed by atoms with E-state index in [-0.39, 0.29) is 11.8 Å². The molecule has 1 aromatic rings. The summed E-state index contributed by atoms with van der Waals surface area (Å²) in [7, 11) is 0. The molecule has 1 heterocycles. The smallest absolute Gasteiger partial charge is 0.222 e. The molecule has 1 aromatic heterocycles. The molecule has 0 radical (unpaired) electrons. The molecule has 1 unspecified atom stereocenters. The maximum Gasteiger partial charge on any atom is 0.222 e. The summed E-state index contributed by atoms with van der Waals surface area (Å²) in [5, 5.41) is 7.31. The summed E-state index contributed by atoms with van der Waals surface area (Å²) in [6.07, 6.45) is 1.63. The quantitative estimate of drug-likeness (QED) is 0.711. The number of nitrogens with two attached hydrogens (primary N) is 1. The molecule has 5 heteroatoms. The number of aromatic nitrogens is 2. The van der Waals surface area contributed by atoms with Crippen LogP contribution in [0.2, 0.25) is 0 Å². The molecule has 5 nitrogen and oxygen atoms in total. The second-order valence-electron chi connectivity index (χ2n) is 4.77. The van der Waals surface area contributed by atoms with Gasteiger partial charge in [-0.2, -0.15) is 5.10 Å². The van der Waals surface area contributed by atoms with Gasteiger partial charge >= 0.3 is 0 Å². The van der Waals surface area contributed by atoms with Gasteiger partial charge in [-0.15, -0.1) is 0 Å². The molecule has 0 aliphatic carbocycles. The second-order valence-corrected chi connectivity index (χ2v) is 4.77. The van der Waals surface area contributed by atoms with Crippen molar-refractivity contribution in [2.45, 2.75) is 40.2 Å². The molecule has 0 aromatic carbocycles. The number of nitrogens with zero attached hydrogens (tertiary/aromatic N) is 2.